The second kappa shape index (κ2) is 6.76. The lowest BCUT2D eigenvalue weighted by atomic mass is 9.99. The van der Waals surface area contributed by atoms with Gasteiger partial charge in [-0.25, -0.2) is 0 Å². The average Bonchev–Trinajstić information content (AvgIpc) is 2.40. The Morgan fingerprint density at radius 3 is 2.26 bits per heavy atom. The molecule has 1 N–H and O–H groups in total. The molecule has 0 fully saturated rings. The lowest BCUT2D eigenvalue weighted by Crippen LogP contribution is -2.19. The van der Waals surface area contributed by atoms with Gasteiger partial charge in [-0.3, -0.25) is 0 Å². The summed E-state index contributed by atoms with van der Waals surface area (Å²) in [6.07, 6.45) is 0.748. The zero-order valence-corrected chi connectivity index (χ0v) is 13.6. The van der Waals surface area contributed by atoms with Crippen molar-refractivity contribution in [3.05, 3.63) is 68.1 Å². The fraction of sp³-hybridized carbons (Fsp3) is 0.200. The van der Waals surface area contributed by atoms with E-state index in [9.17, 15) is 0 Å². The van der Waals surface area contributed by atoms with Crippen molar-refractivity contribution in [2.45, 2.75) is 12.5 Å². The zero-order chi connectivity index (χ0) is 13.8. The van der Waals surface area contributed by atoms with Crippen LogP contribution in [0.3, 0.4) is 0 Å². The summed E-state index contributed by atoms with van der Waals surface area (Å²) in [7, 11) is 1.94. The molecule has 0 amide bonds. The number of hydrogen-bond acceptors (Lipinski definition) is 1. The Kier molecular flexibility index (Phi) is 5.28. The second-order valence-corrected chi connectivity index (χ2v) is 5.94. The van der Waals surface area contributed by atoms with Crippen molar-refractivity contribution >= 4 is 39.1 Å². The van der Waals surface area contributed by atoms with Crippen LogP contribution < -0.4 is 5.32 Å². The van der Waals surface area contributed by atoms with E-state index in [-0.39, 0.29) is 6.04 Å². The van der Waals surface area contributed by atoms with E-state index in [1.807, 2.05) is 43.4 Å². The molecule has 19 heavy (non-hydrogen) atoms. The molecular formula is C15H14BrCl2N. The number of hydrogen-bond donors (Lipinski definition) is 1. The number of rotatable bonds is 4. The molecule has 1 atom stereocenters. The van der Waals surface area contributed by atoms with Gasteiger partial charge in [0.15, 0.2) is 0 Å². The van der Waals surface area contributed by atoms with Crippen molar-refractivity contribution in [2.75, 3.05) is 7.05 Å². The van der Waals surface area contributed by atoms with E-state index < -0.39 is 0 Å². The van der Waals surface area contributed by atoms with Crippen LogP contribution in [0.15, 0.2) is 46.9 Å². The summed E-state index contributed by atoms with van der Waals surface area (Å²) in [5, 5.41) is 4.73. The van der Waals surface area contributed by atoms with Crippen LogP contribution >= 0.6 is 39.1 Å². The van der Waals surface area contributed by atoms with Gasteiger partial charge in [-0.2, -0.15) is 0 Å². The molecule has 0 saturated carbocycles. The molecule has 2 rings (SSSR count). The summed E-state index contributed by atoms with van der Waals surface area (Å²) in [4.78, 5) is 0. The van der Waals surface area contributed by atoms with Gasteiger partial charge in [-0.1, -0.05) is 63.4 Å². The second-order valence-electron chi connectivity index (χ2n) is 4.27. The van der Waals surface area contributed by atoms with Gasteiger partial charge in [0.2, 0.25) is 0 Å². The van der Waals surface area contributed by atoms with Gasteiger partial charge in [0.25, 0.3) is 0 Å². The van der Waals surface area contributed by atoms with Crippen molar-refractivity contribution in [2.24, 2.45) is 0 Å². The van der Waals surface area contributed by atoms with E-state index in [1.165, 1.54) is 5.56 Å². The highest BCUT2D eigenvalue weighted by Crippen LogP contribution is 2.31. The first-order valence-electron chi connectivity index (χ1n) is 5.98. The molecule has 0 bridgehead atoms. The molecule has 2 aromatic rings. The summed E-state index contributed by atoms with van der Waals surface area (Å²) in [6.45, 7) is 0. The van der Waals surface area contributed by atoms with Crippen molar-refractivity contribution in [3.8, 4) is 0 Å². The van der Waals surface area contributed by atoms with Gasteiger partial charge in [0.1, 0.15) is 0 Å². The lowest BCUT2D eigenvalue weighted by molar-refractivity contribution is 0.590. The first-order valence-corrected chi connectivity index (χ1v) is 7.53. The molecule has 1 unspecified atom stereocenters. The van der Waals surface area contributed by atoms with Gasteiger partial charge < -0.3 is 5.32 Å². The van der Waals surface area contributed by atoms with Crippen molar-refractivity contribution in [3.63, 3.8) is 0 Å². The van der Waals surface area contributed by atoms with Crippen LogP contribution in [0.4, 0.5) is 0 Å². The van der Waals surface area contributed by atoms with Crippen molar-refractivity contribution < 1.29 is 0 Å². The Bertz CT molecular complexity index is 552. The maximum atomic E-state index is 6.23. The normalized spacial score (nSPS) is 12.4. The van der Waals surface area contributed by atoms with Gasteiger partial charge >= 0.3 is 0 Å². The predicted molar refractivity (Wildman–Crippen MR) is 86.1 cm³/mol. The Hall–Kier alpha value is -0.540. The lowest BCUT2D eigenvalue weighted by Gasteiger charge is -2.19. The van der Waals surface area contributed by atoms with E-state index in [4.69, 9.17) is 23.2 Å². The summed E-state index contributed by atoms with van der Waals surface area (Å²) in [6, 6.07) is 13.9. The van der Waals surface area contributed by atoms with Crippen LogP contribution in [0.5, 0.6) is 0 Å². The molecular weight excluding hydrogens is 345 g/mol. The third-order valence-corrected chi connectivity index (χ3v) is 4.53. The monoisotopic (exact) mass is 357 g/mol. The Morgan fingerprint density at radius 2 is 1.68 bits per heavy atom. The highest BCUT2D eigenvalue weighted by molar-refractivity contribution is 9.10. The number of likely N-dealkylation sites (N-methyl/N-ethyl adjacent to an activating group) is 1. The number of nitrogens with one attached hydrogen (secondary N) is 1. The quantitative estimate of drug-likeness (QED) is 0.786. The Morgan fingerprint density at radius 1 is 1.05 bits per heavy atom. The third kappa shape index (κ3) is 3.51. The molecule has 0 heterocycles. The first kappa shape index (κ1) is 14.9. The van der Waals surface area contributed by atoms with E-state index >= 15 is 0 Å². The van der Waals surface area contributed by atoms with Crippen molar-refractivity contribution in [1.82, 2.24) is 5.32 Å². The molecule has 2 aromatic carbocycles. The van der Waals surface area contributed by atoms with E-state index in [0.29, 0.717) is 10.0 Å². The van der Waals surface area contributed by atoms with E-state index in [0.717, 1.165) is 16.5 Å². The summed E-state index contributed by atoms with van der Waals surface area (Å²) >= 11 is 16.0. The van der Waals surface area contributed by atoms with Crippen LogP contribution in [0.1, 0.15) is 17.2 Å². The SMILES string of the molecule is CNC(Cc1c(Cl)cccc1Cl)c1ccccc1Br. The zero-order valence-electron chi connectivity index (χ0n) is 10.5. The van der Waals surface area contributed by atoms with Crippen molar-refractivity contribution in [1.29, 1.82) is 0 Å². The minimum Gasteiger partial charge on any atom is -0.313 e. The maximum absolute atomic E-state index is 6.23. The largest absolute Gasteiger partial charge is 0.313 e. The molecule has 0 aliphatic heterocycles. The predicted octanol–water partition coefficient (Wildman–Crippen LogP) is 5.26. The van der Waals surface area contributed by atoms with Gasteiger partial charge in [0.05, 0.1) is 0 Å². The molecule has 4 heteroatoms. The fourth-order valence-corrected chi connectivity index (χ4v) is 3.17. The summed E-state index contributed by atoms with van der Waals surface area (Å²) in [5.41, 5.74) is 2.17. The minimum absolute atomic E-state index is 0.160. The molecule has 100 valence electrons. The van der Waals surface area contributed by atoms with Crippen LogP contribution in [0.2, 0.25) is 10.0 Å². The standard InChI is InChI=1S/C15H14BrCl2N/c1-19-15(10-5-2-3-6-12(10)16)9-11-13(17)7-4-8-14(11)18/h2-8,15,19H,9H2,1H3. The average molecular weight is 359 g/mol. The smallest absolute Gasteiger partial charge is 0.0453 e. The van der Waals surface area contributed by atoms with Crippen LogP contribution in [-0.4, -0.2) is 7.05 Å². The maximum Gasteiger partial charge on any atom is 0.0453 e. The number of halogens is 3. The van der Waals surface area contributed by atoms with E-state index in [1.54, 1.807) is 0 Å². The Labute approximate surface area is 132 Å². The molecule has 0 spiro atoms. The highest BCUT2D eigenvalue weighted by Gasteiger charge is 2.16. The summed E-state index contributed by atoms with van der Waals surface area (Å²) < 4.78 is 1.08. The third-order valence-electron chi connectivity index (χ3n) is 3.10. The molecule has 0 radical (unpaired) electrons. The van der Waals surface area contributed by atoms with Crippen LogP contribution in [0, 0.1) is 0 Å². The number of benzene rings is 2. The summed E-state index contributed by atoms with van der Waals surface area (Å²) in [5.74, 6) is 0. The van der Waals surface area contributed by atoms with Crippen LogP contribution in [-0.2, 0) is 6.42 Å². The molecule has 0 aromatic heterocycles. The topological polar surface area (TPSA) is 12.0 Å². The fourth-order valence-electron chi connectivity index (χ4n) is 2.06. The minimum atomic E-state index is 0.160. The molecule has 0 aliphatic carbocycles. The van der Waals surface area contributed by atoms with E-state index in [2.05, 4.69) is 27.3 Å². The van der Waals surface area contributed by atoms with Gasteiger partial charge in [-0.15, -0.1) is 0 Å². The van der Waals surface area contributed by atoms with Crippen LogP contribution in [0.25, 0.3) is 0 Å². The van der Waals surface area contributed by atoms with Gasteiger partial charge in [0, 0.05) is 20.6 Å². The first-order chi connectivity index (χ1) is 9.13. The molecule has 0 saturated heterocycles. The molecule has 1 nitrogen and oxygen atoms in total. The highest BCUT2D eigenvalue weighted by atomic mass is 79.9. The van der Waals surface area contributed by atoms with Gasteiger partial charge in [-0.05, 0) is 42.8 Å². The Balaban J connectivity index is 2.32. The molecule has 0 aliphatic rings.